The lowest BCUT2D eigenvalue weighted by Crippen LogP contribution is -2.35. The van der Waals surface area contributed by atoms with Crippen molar-refractivity contribution in [3.63, 3.8) is 0 Å². The molecule has 0 bridgehead atoms. The fourth-order valence-corrected chi connectivity index (χ4v) is 3.05. The quantitative estimate of drug-likeness (QED) is 0.771. The molecule has 23 heavy (non-hydrogen) atoms. The van der Waals surface area contributed by atoms with Crippen LogP contribution >= 0.6 is 11.6 Å². The van der Waals surface area contributed by atoms with E-state index in [2.05, 4.69) is 17.6 Å². The molecule has 1 aliphatic carbocycles. The van der Waals surface area contributed by atoms with Crippen molar-refractivity contribution in [2.45, 2.75) is 45.4 Å². The van der Waals surface area contributed by atoms with E-state index in [1.807, 2.05) is 0 Å². The molecule has 0 heterocycles. The Hall–Kier alpha value is -1.55. The van der Waals surface area contributed by atoms with Crippen LogP contribution in [0.3, 0.4) is 0 Å². The highest BCUT2D eigenvalue weighted by Gasteiger charge is 2.29. The maximum atomic E-state index is 12.3. The summed E-state index contributed by atoms with van der Waals surface area (Å²) in [4.78, 5) is 24.3. The van der Waals surface area contributed by atoms with Crippen LogP contribution in [-0.4, -0.2) is 18.4 Å². The van der Waals surface area contributed by atoms with Crippen LogP contribution in [0.5, 0.6) is 0 Å². The normalized spacial score (nSPS) is 20.8. The van der Waals surface area contributed by atoms with Gasteiger partial charge in [0.15, 0.2) is 0 Å². The van der Waals surface area contributed by atoms with E-state index in [-0.39, 0.29) is 23.7 Å². The molecule has 0 saturated heterocycles. The Morgan fingerprint density at radius 2 is 1.61 bits per heavy atom. The van der Waals surface area contributed by atoms with Gasteiger partial charge in [0.2, 0.25) is 11.8 Å². The fraction of sp³-hybridized carbons (Fsp3) is 0.556. The van der Waals surface area contributed by atoms with Gasteiger partial charge in [0.05, 0.1) is 0 Å². The summed E-state index contributed by atoms with van der Waals surface area (Å²) < 4.78 is 0. The van der Waals surface area contributed by atoms with Crippen molar-refractivity contribution in [2.24, 2.45) is 11.8 Å². The van der Waals surface area contributed by atoms with Crippen molar-refractivity contribution in [3.8, 4) is 0 Å². The minimum Gasteiger partial charge on any atom is -0.356 e. The van der Waals surface area contributed by atoms with Crippen molar-refractivity contribution < 1.29 is 9.59 Å². The Morgan fingerprint density at radius 1 is 1.04 bits per heavy atom. The monoisotopic (exact) mass is 336 g/mol. The predicted molar refractivity (Wildman–Crippen MR) is 93.4 cm³/mol. The Labute approximate surface area is 143 Å². The molecule has 0 aliphatic heterocycles. The number of benzene rings is 1. The second-order valence-electron chi connectivity index (χ2n) is 6.19. The molecule has 1 aromatic rings. The van der Waals surface area contributed by atoms with Crippen molar-refractivity contribution >= 4 is 29.1 Å². The van der Waals surface area contributed by atoms with Gasteiger partial charge in [-0.2, -0.15) is 0 Å². The van der Waals surface area contributed by atoms with Crippen molar-refractivity contribution in [2.75, 3.05) is 11.9 Å². The zero-order valence-corrected chi connectivity index (χ0v) is 14.4. The number of hydrogen-bond acceptors (Lipinski definition) is 2. The third kappa shape index (κ3) is 5.54. The SMILES string of the molecule is CCCCNC(=O)C1CCC(C(=O)Nc2ccc(Cl)cc2)CC1. The number of hydrogen-bond donors (Lipinski definition) is 2. The number of carbonyl (C=O) groups is 2. The summed E-state index contributed by atoms with van der Waals surface area (Å²) in [5, 5.41) is 6.57. The van der Waals surface area contributed by atoms with Gasteiger partial charge in [0.1, 0.15) is 0 Å². The van der Waals surface area contributed by atoms with E-state index in [0.717, 1.165) is 50.8 Å². The molecule has 1 saturated carbocycles. The average molecular weight is 337 g/mol. The van der Waals surface area contributed by atoms with Crippen LogP contribution in [0.25, 0.3) is 0 Å². The van der Waals surface area contributed by atoms with Gasteiger partial charge in [-0.3, -0.25) is 9.59 Å². The van der Waals surface area contributed by atoms with E-state index >= 15 is 0 Å². The molecule has 0 atom stereocenters. The molecule has 2 amide bonds. The molecule has 2 N–H and O–H groups in total. The Bertz CT molecular complexity index is 522. The van der Waals surface area contributed by atoms with Gasteiger partial charge in [0, 0.05) is 29.1 Å². The number of amides is 2. The van der Waals surface area contributed by atoms with Crippen LogP contribution in [0.1, 0.15) is 45.4 Å². The lowest BCUT2D eigenvalue weighted by atomic mass is 9.81. The molecule has 1 aliphatic rings. The van der Waals surface area contributed by atoms with E-state index in [1.165, 1.54) is 0 Å². The maximum Gasteiger partial charge on any atom is 0.227 e. The first-order chi connectivity index (χ1) is 11.1. The number of nitrogens with one attached hydrogen (secondary N) is 2. The maximum absolute atomic E-state index is 12.3. The molecular weight excluding hydrogens is 312 g/mol. The van der Waals surface area contributed by atoms with Crippen LogP contribution in [-0.2, 0) is 9.59 Å². The summed E-state index contributed by atoms with van der Waals surface area (Å²) in [5.41, 5.74) is 0.763. The zero-order chi connectivity index (χ0) is 16.7. The van der Waals surface area contributed by atoms with E-state index < -0.39 is 0 Å². The Kier molecular flexibility index (Phi) is 6.90. The van der Waals surface area contributed by atoms with E-state index in [9.17, 15) is 9.59 Å². The molecule has 5 heteroatoms. The van der Waals surface area contributed by atoms with Crippen molar-refractivity contribution in [1.82, 2.24) is 5.32 Å². The molecule has 1 aromatic carbocycles. The van der Waals surface area contributed by atoms with Crippen LogP contribution in [0.2, 0.25) is 5.02 Å². The van der Waals surface area contributed by atoms with E-state index in [1.54, 1.807) is 24.3 Å². The van der Waals surface area contributed by atoms with Crippen LogP contribution in [0.4, 0.5) is 5.69 Å². The number of rotatable bonds is 6. The number of halogens is 1. The van der Waals surface area contributed by atoms with Crippen molar-refractivity contribution in [3.05, 3.63) is 29.3 Å². The summed E-state index contributed by atoms with van der Waals surface area (Å²) in [7, 11) is 0. The molecule has 2 rings (SSSR count). The third-order valence-corrected chi connectivity index (χ3v) is 4.66. The molecule has 0 aromatic heterocycles. The minimum atomic E-state index is -0.00892. The summed E-state index contributed by atoms with van der Waals surface area (Å²) in [5.74, 6) is 0.240. The summed E-state index contributed by atoms with van der Waals surface area (Å²) in [6.07, 6.45) is 5.21. The molecule has 1 fully saturated rings. The highest BCUT2D eigenvalue weighted by molar-refractivity contribution is 6.30. The topological polar surface area (TPSA) is 58.2 Å². The molecule has 0 unspecified atom stereocenters. The lowest BCUT2D eigenvalue weighted by molar-refractivity contribution is -0.128. The van der Waals surface area contributed by atoms with E-state index in [4.69, 9.17) is 11.6 Å². The van der Waals surface area contributed by atoms with Gasteiger partial charge in [-0.05, 0) is 56.4 Å². The second kappa shape index (κ2) is 8.92. The molecule has 0 radical (unpaired) electrons. The smallest absolute Gasteiger partial charge is 0.227 e. The van der Waals surface area contributed by atoms with Gasteiger partial charge in [-0.1, -0.05) is 24.9 Å². The fourth-order valence-electron chi connectivity index (χ4n) is 2.93. The minimum absolute atomic E-state index is 0.00892. The highest BCUT2D eigenvalue weighted by Crippen LogP contribution is 2.30. The first kappa shape index (κ1) is 17.8. The van der Waals surface area contributed by atoms with Crippen LogP contribution in [0.15, 0.2) is 24.3 Å². The van der Waals surface area contributed by atoms with Gasteiger partial charge in [-0.15, -0.1) is 0 Å². The number of anilines is 1. The Balaban J connectivity index is 1.76. The predicted octanol–water partition coefficient (Wildman–Crippen LogP) is 4.00. The second-order valence-corrected chi connectivity index (χ2v) is 6.63. The molecular formula is C18H25ClN2O2. The highest BCUT2D eigenvalue weighted by atomic mass is 35.5. The largest absolute Gasteiger partial charge is 0.356 e. The lowest BCUT2D eigenvalue weighted by Gasteiger charge is -2.27. The average Bonchev–Trinajstić information content (AvgIpc) is 2.57. The van der Waals surface area contributed by atoms with Gasteiger partial charge in [-0.25, -0.2) is 0 Å². The summed E-state index contributed by atoms with van der Waals surface area (Å²) in [6, 6.07) is 7.11. The van der Waals surface area contributed by atoms with E-state index in [0.29, 0.717) is 5.02 Å². The zero-order valence-electron chi connectivity index (χ0n) is 13.6. The molecule has 0 spiro atoms. The van der Waals surface area contributed by atoms with Crippen molar-refractivity contribution in [1.29, 1.82) is 0 Å². The van der Waals surface area contributed by atoms with Gasteiger partial charge >= 0.3 is 0 Å². The first-order valence-electron chi connectivity index (χ1n) is 8.44. The Morgan fingerprint density at radius 3 is 2.17 bits per heavy atom. The van der Waals surface area contributed by atoms with Crippen LogP contribution < -0.4 is 10.6 Å². The number of carbonyl (C=O) groups excluding carboxylic acids is 2. The summed E-state index contributed by atoms with van der Waals surface area (Å²) in [6.45, 7) is 2.86. The summed E-state index contributed by atoms with van der Waals surface area (Å²) >= 11 is 5.84. The van der Waals surface area contributed by atoms with Gasteiger partial charge < -0.3 is 10.6 Å². The van der Waals surface area contributed by atoms with Crippen LogP contribution in [0, 0.1) is 11.8 Å². The third-order valence-electron chi connectivity index (χ3n) is 4.41. The standard InChI is InChI=1S/C18H25ClN2O2/c1-2-3-12-20-17(22)13-4-6-14(7-5-13)18(23)21-16-10-8-15(19)9-11-16/h8-11,13-14H,2-7,12H2,1H3,(H,20,22)(H,21,23). The van der Waals surface area contributed by atoms with Gasteiger partial charge in [0.25, 0.3) is 0 Å². The molecule has 4 nitrogen and oxygen atoms in total. The number of unbranched alkanes of at least 4 members (excludes halogenated alkanes) is 1. The molecule has 126 valence electrons. The first-order valence-corrected chi connectivity index (χ1v) is 8.82.